The molecule has 0 radical (unpaired) electrons. The highest BCUT2D eigenvalue weighted by Crippen LogP contribution is 2.25. The van der Waals surface area contributed by atoms with Crippen LogP contribution in [0, 0.1) is 0 Å². The SMILES string of the molecule is COc1nccc2c1cc(C(=O)O)n2C. The second-order valence-electron chi connectivity index (χ2n) is 3.15. The number of nitrogens with zero attached hydrogens (tertiary/aromatic N) is 2. The first-order chi connectivity index (χ1) is 7.15. The van der Waals surface area contributed by atoms with Gasteiger partial charge in [0.2, 0.25) is 5.88 Å². The van der Waals surface area contributed by atoms with Crippen LogP contribution in [0.1, 0.15) is 10.5 Å². The molecule has 1 N–H and O–H groups in total. The van der Waals surface area contributed by atoms with E-state index >= 15 is 0 Å². The average molecular weight is 206 g/mol. The summed E-state index contributed by atoms with van der Waals surface area (Å²) in [6.45, 7) is 0. The molecule has 0 atom stereocenters. The van der Waals surface area contributed by atoms with Gasteiger partial charge in [-0.3, -0.25) is 0 Å². The lowest BCUT2D eigenvalue weighted by atomic mass is 10.3. The minimum atomic E-state index is -0.962. The molecule has 0 aliphatic rings. The van der Waals surface area contributed by atoms with Crippen LogP contribution in [0.25, 0.3) is 10.9 Å². The molecule has 15 heavy (non-hydrogen) atoms. The smallest absolute Gasteiger partial charge is 0.352 e. The van der Waals surface area contributed by atoms with Gasteiger partial charge in [-0.25, -0.2) is 9.78 Å². The third-order valence-electron chi connectivity index (χ3n) is 2.35. The molecular formula is C10H10N2O3. The van der Waals surface area contributed by atoms with Crippen molar-refractivity contribution in [1.29, 1.82) is 0 Å². The van der Waals surface area contributed by atoms with E-state index in [1.807, 2.05) is 0 Å². The summed E-state index contributed by atoms with van der Waals surface area (Å²) in [7, 11) is 3.21. The van der Waals surface area contributed by atoms with Crippen LogP contribution < -0.4 is 4.74 Å². The minimum Gasteiger partial charge on any atom is -0.481 e. The summed E-state index contributed by atoms with van der Waals surface area (Å²) in [5, 5.41) is 9.66. The normalized spacial score (nSPS) is 10.5. The van der Waals surface area contributed by atoms with Gasteiger partial charge in [-0.1, -0.05) is 0 Å². The predicted molar refractivity (Wildman–Crippen MR) is 54.2 cm³/mol. The van der Waals surface area contributed by atoms with Crippen molar-refractivity contribution in [2.75, 3.05) is 7.11 Å². The fraction of sp³-hybridized carbons (Fsp3) is 0.200. The molecule has 0 aliphatic heterocycles. The number of aryl methyl sites for hydroxylation is 1. The molecule has 5 heteroatoms. The largest absolute Gasteiger partial charge is 0.481 e. The van der Waals surface area contributed by atoms with Crippen molar-refractivity contribution >= 4 is 16.9 Å². The minimum absolute atomic E-state index is 0.219. The first-order valence-corrected chi connectivity index (χ1v) is 4.37. The summed E-state index contributed by atoms with van der Waals surface area (Å²) < 4.78 is 6.66. The molecule has 78 valence electrons. The van der Waals surface area contributed by atoms with Crippen molar-refractivity contribution < 1.29 is 14.6 Å². The number of carbonyl (C=O) groups is 1. The summed E-state index contributed by atoms with van der Waals surface area (Å²) >= 11 is 0. The van der Waals surface area contributed by atoms with Crippen LogP contribution in [0.15, 0.2) is 18.3 Å². The van der Waals surface area contributed by atoms with E-state index in [4.69, 9.17) is 9.84 Å². The Hall–Kier alpha value is -2.04. The number of aromatic nitrogens is 2. The first kappa shape index (κ1) is 9.51. The molecule has 0 bridgehead atoms. The Balaban J connectivity index is 2.81. The Bertz CT molecular complexity index is 531. The van der Waals surface area contributed by atoms with Crippen LogP contribution in [0.2, 0.25) is 0 Å². The van der Waals surface area contributed by atoms with Crippen molar-refractivity contribution in [2.45, 2.75) is 0 Å². The molecule has 0 saturated heterocycles. The molecule has 0 amide bonds. The number of fused-ring (bicyclic) bond motifs is 1. The average Bonchev–Trinajstić information content (AvgIpc) is 2.56. The van der Waals surface area contributed by atoms with E-state index in [1.54, 1.807) is 29.9 Å². The highest BCUT2D eigenvalue weighted by atomic mass is 16.5. The van der Waals surface area contributed by atoms with E-state index in [2.05, 4.69) is 4.98 Å². The number of rotatable bonds is 2. The number of hydrogen-bond donors (Lipinski definition) is 1. The van der Waals surface area contributed by atoms with Gasteiger partial charge in [0.05, 0.1) is 18.0 Å². The van der Waals surface area contributed by atoms with Gasteiger partial charge in [0.25, 0.3) is 0 Å². The predicted octanol–water partition coefficient (Wildman–Crippen LogP) is 1.28. The third kappa shape index (κ3) is 1.32. The Kier molecular flexibility index (Phi) is 2.07. The lowest BCUT2D eigenvalue weighted by molar-refractivity contribution is 0.0687. The molecule has 2 aromatic heterocycles. The molecule has 0 fully saturated rings. The van der Waals surface area contributed by atoms with Crippen molar-refractivity contribution in [2.24, 2.45) is 7.05 Å². The quantitative estimate of drug-likeness (QED) is 0.803. The van der Waals surface area contributed by atoms with Crippen molar-refractivity contribution in [3.05, 3.63) is 24.0 Å². The summed E-state index contributed by atoms with van der Waals surface area (Å²) in [4.78, 5) is 14.9. The lowest BCUT2D eigenvalue weighted by Crippen LogP contribution is -2.03. The van der Waals surface area contributed by atoms with Crippen LogP contribution in [0.5, 0.6) is 5.88 Å². The van der Waals surface area contributed by atoms with E-state index in [0.29, 0.717) is 11.3 Å². The van der Waals surface area contributed by atoms with Crippen LogP contribution >= 0.6 is 0 Å². The Morgan fingerprint density at radius 2 is 2.33 bits per heavy atom. The van der Waals surface area contributed by atoms with Gasteiger partial charge in [-0.15, -0.1) is 0 Å². The molecule has 2 rings (SSSR count). The van der Waals surface area contributed by atoms with E-state index in [1.165, 1.54) is 7.11 Å². The van der Waals surface area contributed by atoms with Gasteiger partial charge < -0.3 is 14.4 Å². The maximum absolute atomic E-state index is 10.9. The van der Waals surface area contributed by atoms with Crippen LogP contribution in [0.4, 0.5) is 0 Å². The van der Waals surface area contributed by atoms with Crippen LogP contribution in [0.3, 0.4) is 0 Å². The first-order valence-electron chi connectivity index (χ1n) is 4.37. The summed E-state index contributed by atoms with van der Waals surface area (Å²) in [5.41, 5.74) is 1.01. The molecule has 2 aromatic rings. The molecule has 2 heterocycles. The van der Waals surface area contributed by atoms with Crippen LogP contribution in [-0.2, 0) is 7.05 Å². The fourth-order valence-corrected chi connectivity index (χ4v) is 1.60. The topological polar surface area (TPSA) is 64.3 Å². The second kappa shape index (κ2) is 3.27. The van der Waals surface area contributed by atoms with Crippen LogP contribution in [-0.4, -0.2) is 27.7 Å². The van der Waals surface area contributed by atoms with Gasteiger partial charge in [-0.2, -0.15) is 0 Å². The van der Waals surface area contributed by atoms with Gasteiger partial charge in [-0.05, 0) is 12.1 Å². The number of aromatic carboxylic acids is 1. The zero-order valence-corrected chi connectivity index (χ0v) is 8.39. The number of carboxylic acids is 1. The molecule has 0 spiro atoms. The second-order valence-corrected chi connectivity index (χ2v) is 3.15. The molecule has 0 aromatic carbocycles. The number of ether oxygens (including phenoxy) is 1. The zero-order valence-electron chi connectivity index (χ0n) is 8.39. The fourth-order valence-electron chi connectivity index (χ4n) is 1.60. The number of pyridine rings is 1. The van der Waals surface area contributed by atoms with E-state index in [0.717, 1.165) is 5.52 Å². The summed E-state index contributed by atoms with van der Waals surface area (Å²) in [6, 6.07) is 3.31. The summed E-state index contributed by atoms with van der Waals surface area (Å²) in [5.74, 6) is -0.522. The highest BCUT2D eigenvalue weighted by molar-refractivity contribution is 5.96. The maximum atomic E-state index is 10.9. The number of methoxy groups -OCH3 is 1. The maximum Gasteiger partial charge on any atom is 0.352 e. The number of carboxylic acid groups (broad SMARTS) is 1. The Morgan fingerprint density at radius 3 is 2.93 bits per heavy atom. The molecule has 0 saturated carbocycles. The molecular weight excluding hydrogens is 196 g/mol. The van der Waals surface area contributed by atoms with Crippen molar-refractivity contribution in [3.63, 3.8) is 0 Å². The zero-order chi connectivity index (χ0) is 11.0. The van der Waals surface area contributed by atoms with Gasteiger partial charge in [0, 0.05) is 13.2 Å². The van der Waals surface area contributed by atoms with E-state index in [-0.39, 0.29) is 5.69 Å². The summed E-state index contributed by atoms with van der Waals surface area (Å²) in [6.07, 6.45) is 1.59. The monoisotopic (exact) mass is 206 g/mol. The van der Waals surface area contributed by atoms with Gasteiger partial charge in [0.1, 0.15) is 5.69 Å². The van der Waals surface area contributed by atoms with Crippen molar-refractivity contribution in [1.82, 2.24) is 9.55 Å². The van der Waals surface area contributed by atoms with Gasteiger partial charge >= 0.3 is 5.97 Å². The Labute approximate surface area is 85.9 Å². The van der Waals surface area contributed by atoms with E-state index in [9.17, 15) is 4.79 Å². The number of hydrogen-bond acceptors (Lipinski definition) is 3. The van der Waals surface area contributed by atoms with E-state index < -0.39 is 5.97 Å². The van der Waals surface area contributed by atoms with Crippen molar-refractivity contribution in [3.8, 4) is 5.88 Å². The lowest BCUT2D eigenvalue weighted by Gasteiger charge is -2.00. The van der Waals surface area contributed by atoms with Gasteiger partial charge in [0.15, 0.2) is 0 Å². The molecule has 0 aliphatic carbocycles. The molecule has 5 nitrogen and oxygen atoms in total. The Morgan fingerprint density at radius 1 is 1.60 bits per heavy atom. The standard InChI is InChI=1S/C10H10N2O3/c1-12-7-3-4-11-9(15-2)6(7)5-8(12)10(13)14/h3-5H,1-2H3,(H,13,14). The molecule has 0 unspecified atom stereocenters. The third-order valence-corrected chi connectivity index (χ3v) is 2.35. The highest BCUT2D eigenvalue weighted by Gasteiger charge is 2.14.